The van der Waals surface area contributed by atoms with Crippen LogP contribution in [0.25, 0.3) is 16.7 Å². The van der Waals surface area contributed by atoms with E-state index in [1.54, 1.807) is 0 Å². The van der Waals surface area contributed by atoms with Gasteiger partial charge in [-0.25, -0.2) is 0 Å². The fourth-order valence-corrected chi connectivity index (χ4v) is 4.66. The summed E-state index contributed by atoms with van der Waals surface area (Å²) in [5.41, 5.74) is 2.00. The number of amides is 1. The molecule has 3 aromatic rings. The average Bonchev–Trinajstić information content (AvgIpc) is 3.20. The van der Waals surface area contributed by atoms with Crippen molar-refractivity contribution in [1.82, 2.24) is 25.0 Å². The van der Waals surface area contributed by atoms with E-state index >= 15 is 0 Å². The van der Waals surface area contributed by atoms with E-state index in [0.29, 0.717) is 38.3 Å². The fraction of sp³-hybridized carbons (Fsp3) is 0.500. The second-order valence-corrected chi connectivity index (χ2v) is 9.34. The topological polar surface area (TPSA) is 75.5 Å². The van der Waals surface area contributed by atoms with Crippen molar-refractivity contribution in [2.75, 3.05) is 44.3 Å². The third kappa shape index (κ3) is 5.56. The van der Waals surface area contributed by atoms with Crippen LogP contribution in [0.3, 0.4) is 0 Å². The van der Waals surface area contributed by atoms with Gasteiger partial charge in [0.2, 0.25) is 5.91 Å². The Morgan fingerprint density at radius 3 is 2.38 bits per heavy atom. The summed E-state index contributed by atoms with van der Waals surface area (Å²) in [4.78, 5) is 17.3. The summed E-state index contributed by atoms with van der Waals surface area (Å²) >= 11 is 0. The van der Waals surface area contributed by atoms with Crippen LogP contribution in [0, 0.1) is 0 Å². The van der Waals surface area contributed by atoms with Crippen LogP contribution < -0.4 is 10.2 Å². The summed E-state index contributed by atoms with van der Waals surface area (Å²) < 4.78 is 7.45. The maximum absolute atomic E-state index is 12.8. The minimum atomic E-state index is 0.0316. The van der Waals surface area contributed by atoms with Gasteiger partial charge in [0.25, 0.3) is 0 Å². The van der Waals surface area contributed by atoms with Crippen molar-refractivity contribution in [2.45, 2.75) is 46.2 Å². The van der Waals surface area contributed by atoms with Gasteiger partial charge in [0.05, 0.1) is 25.2 Å². The molecular weight excluding hydrogens is 428 g/mol. The number of rotatable bonds is 9. The van der Waals surface area contributed by atoms with Gasteiger partial charge in [-0.3, -0.25) is 14.3 Å². The highest BCUT2D eigenvalue weighted by Crippen LogP contribution is 2.25. The number of benzene rings is 1. The van der Waals surface area contributed by atoms with Crippen LogP contribution in [0.15, 0.2) is 42.6 Å². The number of anilines is 1. The molecule has 0 bridgehead atoms. The van der Waals surface area contributed by atoms with Crippen molar-refractivity contribution in [3.8, 4) is 5.82 Å². The lowest BCUT2D eigenvalue weighted by Gasteiger charge is -2.30. The van der Waals surface area contributed by atoms with E-state index in [4.69, 9.17) is 4.74 Å². The van der Waals surface area contributed by atoms with E-state index in [9.17, 15) is 4.79 Å². The summed E-state index contributed by atoms with van der Waals surface area (Å²) in [7, 11) is 0. The number of fused-ring (bicyclic) bond motifs is 1. The van der Waals surface area contributed by atoms with Gasteiger partial charge in [-0.05, 0) is 51.5 Å². The van der Waals surface area contributed by atoms with Crippen LogP contribution in [-0.4, -0.2) is 77.0 Å². The number of carbonyl (C=O) groups is 1. The Labute approximate surface area is 201 Å². The smallest absolute Gasteiger partial charge is 0.224 e. The molecule has 0 atom stereocenters. The fourth-order valence-electron chi connectivity index (χ4n) is 4.66. The maximum atomic E-state index is 12.8. The number of hydrogen-bond acceptors (Lipinski definition) is 6. The maximum Gasteiger partial charge on any atom is 0.224 e. The number of nitrogens with zero attached hydrogens (tertiary/aromatic N) is 5. The van der Waals surface area contributed by atoms with Gasteiger partial charge >= 0.3 is 0 Å². The first-order valence-corrected chi connectivity index (χ1v) is 12.2. The monoisotopic (exact) mass is 464 g/mol. The summed E-state index contributed by atoms with van der Waals surface area (Å²) in [5.74, 6) is 1.63. The van der Waals surface area contributed by atoms with E-state index in [1.807, 2.05) is 35.0 Å². The zero-order valence-corrected chi connectivity index (χ0v) is 20.7. The molecule has 1 aliphatic rings. The quantitative estimate of drug-likeness (QED) is 0.525. The first-order valence-electron chi connectivity index (χ1n) is 12.2. The minimum Gasteiger partial charge on any atom is -0.378 e. The molecule has 0 saturated carbocycles. The van der Waals surface area contributed by atoms with Crippen LogP contribution in [0.1, 0.15) is 33.3 Å². The number of ether oxygens (including phenoxy) is 1. The number of carbonyl (C=O) groups excluding carboxylic acids is 1. The molecule has 1 fully saturated rings. The second-order valence-electron chi connectivity index (χ2n) is 9.34. The molecule has 1 aliphatic heterocycles. The van der Waals surface area contributed by atoms with Crippen LogP contribution in [0.5, 0.6) is 0 Å². The summed E-state index contributed by atoms with van der Waals surface area (Å²) in [6.45, 7) is 13.3. The molecule has 1 N–H and O–H groups in total. The number of nitrogens with one attached hydrogen (secondary N) is 1. The van der Waals surface area contributed by atoms with E-state index in [1.165, 1.54) is 0 Å². The van der Waals surface area contributed by atoms with Crippen LogP contribution >= 0.6 is 0 Å². The number of morpholine rings is 1. The van der Waals surface area contributed by atoms with Crippen molar-refractivity contribution in [1.29, 1.82) is 0 Å². The van der Waals surface area contributed by atoms with Crippen molar-refractivity contribution >= 4 is 22.6 Å². The standard InChI is InChI=1S/C26H36N6O2/c1-19(2)31(20(3)4)12-11-27-26(33)17-21-18-32(23-8-6-5-7-22(21)23)25-10-9-24(28-29-25)30-13-15-34-16-14-30/h5-10,18-20H,11-17H2,1-4H3,(H,27,33). The highest BCUT2D eigenvalue weighted by Gasteiger charge is 2.17. The van der Waals surface area contributed by atoms with Gasteiger partial charge in [0.1, 0.15) is 0 Å². The Bertz CT molecular complexity index is 1080. The van der Waals surface area contributed by atoms with Crippen LogP contribution in [0.2, 0.25) is 0 Å². The lowest BCUT2D eigenvalue weighted by Crippen LogP contribution is -2.42. The van der Waals surface area contributed by atoms with E-state index in [2.05, 4.69) is 65.1 Å². The van der Waals surface area contributed by atoms with Gasteiger partial charge < -0.3 is 15.0 Å². The molecule has 34 heavy (non-hydrogen) atoms. The Hall–Kier alpha value is -2.97. The van der Waals surface area contributed by atoms with Crippen molar-refractivity contribution in [3.63, 3.8) is 0 Å². The first-order chi connectivity index (χ1) is 16.4. The number of para-hydroxylation sites is 1. The van der Waals surface area contributed by atoms with Gasteiger partial charge in [0, 0.05) is 49.8 Å². The highest BCUT2D eigenvalue weighted by molar-refractivity contribution is 5.90. The molecule has 4 rings (SSSR count). The van der Waals surface area contributed by atoms with Gasteiger partial charge in [-0.1, -0.05) is 18.2 Å². The van der Waals surface area contributed by atoms with Gasteiger partial charge in [-0.15, -0.1) is 10.2 Å². The molecule has 0 spiro atoms. The van der Waals surface area contributed by atoms with Crippen molar-refractivity contribution in [2.24, 2.45) is 0 Å². The Balaban J connectivity index is 1.47. The second kappa shape index (κ2) is 11.0. The zero-order valence-electron chi connectivity index (χ0n) is 20.7. The third-order valence-corrected chi connectivity index (χ3v) is 6.38. The molecule has 1 saturated heterocycles. The molecule has 0 radical (unpaired) electrons. The van der Waals surface area contributed by atoms with Gasteiger partial charge in [-0.2, -0.15) is 0 Å². The predicted octanol–water partition coefficient (Wildman–Crippen LogP) is 3.03. The summed E-state index contributed by atoms with van der Waals surface area (Å²) in [5, 5.41) is 13.1. The molecule has 1 amide bonds. The molecule has 3 heterocycles. The Morgan fingerprint density at radius 2 is 1.71 bits per heavy atom. The lowest BCUT2D eigenvalue weighted by molar-refractivity contribution is -0.120. The van der Waals surface area contributed by atoms with Crippen molar-refractivity contribution < 1.29 is 9.53 Å². The highest BCUT2D eigenvalue weighted by atomic mass is 16.5. The lowest BCUT2D eigenvalue weighted by atomic mass is 10.1. The SMILES string of the molecule is CC(C)N(CCNC(=O)Cc1cn(-c2ccc(N3CCOCC3)nn2)c2ccccc12)C(C)C. The Morgan fingerprint density at radius 1 is 1.03 bits per heavy atom. The van der Waals surface area contributed by atoms with E-state index < -0.39 is 0 Å². The third-order valence-electron chi connectivity index (χ3n) is 6.38. The zero-order chi connectivity index (χ0) is 24.1. The van der Waals surface area contributed by atoms with E-state index in [0.717, 1.165) is 47.7 Å². The normalized spacial score (nSPS) is 14.5. The molecule has 0 aliphatic carbocycles. The largest absolute Gasteiger partial charge is 0.378 e. The van der Waals surface area contributed by atoms with Crippen LogP contribution in [-0.2, 0) is 16.0 Å². The molecule has 2 aromatic heterocycles. The molecule has 1 aromatic carbocycles. The average molecular weight is 465 g/mol. The molecular formula is C26H36N6O2. The summed E-state index contributed by atoms with van der Waals surface area (Å²) in [6, 6.07) is 13.0. The summed E-state index contributed by atoms with van der Waals surface area (Å²) in [6.07, 6.45) is 2.34. The molecule has 182 valence electrons. The van der Waals surface area contributed by atoms with Crippen molar-refractivity contribution in [3.05, 3.63) is 48.2 Å². The predicted molar refractivity (Wildman–Crippen MR) is 136 cm³/mol. The molecule has 8 heteroatoms. The number of aromatic nitrogens is 3. The number of hydrogen-bond donors (Lipinski definition) is 1. The molecule has 0 unspecified atom stereocenters. The molecule has 8 nitrogen and oxygen atoms in total. The first kappa shape index (κ1) is 24.2. The van der Waals surface area contributed by atoms with E-state index in [-0.39, 0.29) is 5.91 Å². The Kier molecular flexibility index (Phi) is 7.80. The minimum absolute atomic E-state index is 0.0316. The van der Waals surface area contributed by atoms with Crippen LogP contribution in [0.4, 0.5) is 5.82 Å². The van der Waals surface area contributed by atoms with Gasteiger partial charge in [0.15, 0.2) is 11.6 Å².